The molecule has 72 valence electrons. The van der Waals surface area contributed by atoms with Gasteiger partial charge in [-0.2, -0.15) is 0 Å². The molecule has 0 saturated carbocycles. The van der Waals surface area contributed by atoms with E-state index in [1.54, 1.807) is 0 Å². The van der Waals surface area contributed by atoms with Crippen LogP contribution in [0.3, 0.4) is 0 Å². The van der Waals surface area contributed by atoms with Crippen molar-refractivity contribution in [1.29, 1.82) is 0 Å². The Bertz CT molecular complexity index is 382. The number of aryl methyl sites for hydroxylation is 2. The fraction of sp³-hybridized carbons (Fsp3) is 0.143. The van der Waals surface area contributed by atoms with Gasteiger partial charge in [0.15, 0.2) is 0 Å². The van der Waals surface area contributed by atoms with Crippen LogP contribution in [0.4, 0.5) is 0 Å². The minimum atomic E-state index is 0.252. The summed E-state index contributed by atoms with van der Waals surface area (Å²) in [5, 5.41) is 0. The van der Waals surface area contributed by atoms with Crippen LogP contribution in [0.1, 0.15) is 11.1 Å². The fourth-order valence-electron chi connectivity index (χ4n) is 1.52. The van der Waals surface area contributed by atoms with Crippen molar-refractivity contribution in [2.45, 2.75) is 13.8 Å². The zero-order valence-electron chi connectivity index (χ0n) is 9.20. The molecule has 0 amide bonds. The molecule has 0 atom stereocenters. The Morgan fingerprint density at radius 3 is 1.27 bits per heavy atom. The van der Waals surface area contributed by atoms with E-state index in [0.29, 0.717) is 0 Å². The number of benzene rings is 2. The van der Waals surface area contributed by atoms with Gasteiger partial charge in [0, 0.05) is 0 Å². The van der Waals surface area contributed by atoms with Crippen LogP contribution in [0.2, 0.25) is 0 Å². The Labute approximate surface area is 97.7 Å². The summed E-state index contributed by atoms with van der Waals surface area (Å²) >= 11 is 0.252. The van der Waals surface area contributed by atoms with Crippen LogP contribution in [-0.2, 0) is 0 Å². The molecular formula is C14H14Al+. The summed E-state index contributed by atoms with van der Waals surface area (Å²) in [5.41, 5.74) is 2.67. The Balaban J connectivity index is 2.15. The molecule has 1 heteroatoms. The van der Waals surface area contributed by atoms with E-state index in [-0.39, 0.29) is 15.2 Å². The standard InChI is InChI=1S/2C7H7.Al/c2*1-7-5-3-2-4-6-7;/h2*3-6H,1H3;/q;;+1. The van der Waals surface area contributed by atoms with Gasteiger partial charge in [0.1, 0.15) is 0 Å². The quantitative estimate of drug-likeness (QED) is 0.663. The molecule has 0 spiro atoms. The van der Waals surface area contributed by atoms with Crippen molar-refractivity contribution in [1.82, 2.24) is 0 Å². The van der Waals surface area contributed by atoms with Gasteiger partial charge in [-0.15, -0.1) is 0 Å². The van der Waals surface area contributed by atoms with Crippen LogP contribution in [0.5, 0.6) is 0 Å². The van der Waals surface area contributed by atoms with Crippen molar-refractivity contribution in [3.8, 4) is 0 Å². The minimum absolute atomic E-state index is 0.252. The van der Waals surface area contributed by atoms with Crippen molar-refractivity contribution in [3.63, 3.8) is 0 Å². The molecule has 0 aliphatic heterocycles. The maximum absolute atomic E-state index is 2.24. The molecule has 0 bridgehead atoms. The van der Waals surface area contributed by atoms with Gasteiger partial charge in [0.05, 0.1) is 0 Å². The molecule has 0 aromatic heterocycles. The molecule has 0 N–H and O–H groups in total. The van der Waals surface area contributed by atoms with E-state index in [1.807, 2.05) is 0 Å². The van der Waals surface area contributed by atoms with E-state index < -0.39 is 0 Å². The van der Waals surface area contributed by atoms with E-state index in [9.17, 15) is 0 Å². The maximum atomic E-state index is 2.24. The normalized spacial score (nSPS) is 9.73. The fourth-order valence-corrected chi connectivity index (χ4v) is 2.67. The topological polar surface area (TPSA) is 0 Å². The summed E-state index contributed by atoms with van der Waals surface area (Å²) in [7, 11) is 0. The summed E-state index contributed by atoms with van der Waals surface area (Å²) in [5.74, 6) is 0. The van der Waals surface area contributed by atoms with E-state index in [0.717, 1.165) is 0 Å². The van der Waals surface area contributed by atoms with E-state index >= 15 is 0 Å². The molecule has 2 aromatic rings. The molecule has 0 saturated heterocycles. The van der Waals surface area contributed by atoms with Crippen LogP contribution in [0.15, 0.2) is 48.5 Å². The van der Waals surface area contributed by atoms with Crippen molar-refractivity contribution < 1.29 is 0 Å². The third-order valence-corrected chi connectivity index (χ3v) is 3.92. The van der Waals surface area contributed by atoms with Gasteiger partial charge >= 0.3 is 97.6 Å². The Kier molecular flexibility index (Phi) is 3.26. The predicted octanol–water partition coefficient (Wildman–Crippen LogP) is 1.96. The first-order valence-electron chi connectivity index (χ1n) is 5.22. The van der Waals surface area contributed by atoms with Gasteiger partial charge in [0.25, 0.3) is 0 Å². The molecule has 0 unspecified atom stereocenters. The first kappa shape index (κ1) is 10.5. The molecule has 0 heterocycles. The van der Waals surface area contributed by atoms with Gasteiger partial charge in [0.2, 0.25) is 0 Å². The third-order valence-electron chi connectivity index (χ3n) is 2.49. The summed E-state index contributed by atoms with van der Waals surface area (Å²) in [6, 6.07) is 17.7. The molecule has 0 aliphatic carbocycles. The van der Waals surface area contributed by atoms with Crippen molar-refractivity contribution >= 4 is 24.1 Å². The first-order valence-corrected chi connectivity index (χ1v) is 6.37. The van der Waals surface area contributed by atoms with Gasteiger partial charge in [-0.05, 0) is 0 Å². The molecule has 0 fully saturated rings. The number of hydrogen-bond acceptors (Lipinski definition) is 0. The van der Waals surface area contributed by atoms with Crippen molar-refractivity contribution in [2.75, 3.05) is 0 Å². The molecule has 15 heavy (non-hydrogen) atoms. The average molecular weight is 209 g/mol. The monoisotopic (exact) mass is 209 g/mol. The van der Waals surface area contributed by atoms with Gasteiger partial charge < -0.3 is 0 Å². The average Bonchev–Trinajstić information content (AvgIpc) is 2.25. The van der Waals surface area contributed by atoms with Gasteiger partial charge in [-0.25, -0.2) is 0 Å². The third kappa shape index (κ3) is 2.96. The Hall–Kier alpha value is -1.03. The Morgan fingerprint density at radius 1 is 0.600 bits per heavy atom. The molecule has 0 aliphatic rings. The summed E-state index contributed by atoms with van der Waals surface area (Å²) in [4.78, 5) is 0. The van der Waals surface area contributed by atoms with Crippen LogP contribution in [0.25, 0.3) is 0 Å². The zero-order chi connectivity index (χ0) is 10.7. The van der Waals surface area contributed by atoms with E-state index in [2.05, 4.69) is 62.4 Å². The summed E-state index contributed by atoms with van der Waals surface area (Å²) < 4.78 is 2.92. The van der Waals surface area contributed by atoms with Crippen LogP contribution in [0, 0.1) is 13.8 Å². The van der Waals surface area contributed by atoms with Crippen molar-refractivity contribution in [3.05, 3.63) is 59.7 Å². The first-order chi connectivity index (χ1) is 7.24. The second kappa shape index (κ2) is 4.66. The van der Waals surface area contributed by atoms with Crippen LogP contribution >= 0.6 is 0 Å². The second-order valence-electron chi connectivity index (χ2n) is 3.97. The van der Waals surface area contributed by atoms with Crippen LogP contribution < -0.4 is 8.85 Å². The van der Waals surface area contributed by atoms with E-state index in [1.165, 1.54) is 20.0 Å². The number of rotatable bonds is 2. The van der Waals surface area contributed by atoms with Crippen molar-refractivity contribution in [2.24, 2.45) is 0 Å². The van der Waals surface area contributed by atoms with Gasteiger partial charge in [-0.1, -0.05) is 0 Å². The summed E-state index contributed by atoms with van der Waals surface area (Å²) in [6.45, 7) is 4.26. The molecule has 2 aromatic carbocycles. The predicted molar refractivity (Wildman–Crippen MR) is 67.4 cm³/mol. The molecule has 0 nitrogen and oxygen atoms in total. The number of hydrogen-bond donors (Lipinski definition) is 0. The SMILES string of the molecule is Cc1cc[c]([Al+][c]2ccc(C)cc2)cc1. The molecule has 0 radical (unpaired) electrons. The molecule has 2 rings (SSSR count). The second-order valence-corrected chi connectivity index (χ2v) is 5.59. The summed E-state index contributed by atoms with van der Waals surface area (Å²) in [6.07, 6.45) is 0. The van der Waals surface area contributed by atoms with Gasteiger partial charge in [-0.3, -0.25) is 0 Å². The zero-order valence-corrected chi connectivity index (χ0v) is 10.4. The Morgan fingerprint density at radius 2 is 0.933 bits per heavy atom. The molecular weight excluding hydrogens is 195 g/mol. The van der Waals surface area contributed by atoms with Crippen LogP contribution in [-0.4, -0.2) is 15.2 Å². The van der Waals surface area contributed by atoms with E-state index in [4.69, 9.17) is 0 Å².